The van der Waals surface area contributed by atoms with Crippen LogP contribution in [0.2, 0.25) is 0 Å². The van der Waals surface area contributed by atoms with Gasteiger partial charge in [0, 0.05) is 17.6 Å². The standard InChI is InChI=1S/C24H25N3O2S/c1-29-21-12-10-19(11-13-21)23(18-8-9-18)27-24(28)26-20-6-4-5-17(15-20)16-30-22-7-2-3-14-25-22/h2-7,10-15,18,23H,8-9,16H2,1H3,(H2,26,27,28). The summed E-state index contributed by atoms with van der Waals surface area (Å²) < 4.78 is 5.24. The number of methoxy groups -OCH3 is 1. The van der Waals surface area contributed by atoms with E-state index in [-0.39, 0.29) is 12.1 Å². The maximum absolute atomic E-state index is 12.7. The quantitative estimate of drug-likeness (QED) is 0.463. The van der Waals surface area contributed by atoms with Gasteiger partial charge in [-0.3, -0.25) is 0 Å². The summed E-state index contributed by atoms with van der Waals surface area (Å²) in [5.74, 6) is 2.11. The summed E-state index contributed by atoms with van der Waals surface area (Å²) >= 11 is 1.67. The van der Waals surface area contributed by atoms with Crippen molar-refractivity contribution in [3.8, 4) is 5.75 Å². The van der Waals surface area contributed by atoms with Crippen LogP contribution in [0.1, 0.15) is 30.0 Å². The Kier molecular flexibility index (Phi) is 6.54. The smallest absolute Gasteiger partial charge is 0.319 e. The van der Waals surface area contributed by atoms with Crippen LogP contribution in [-0.2, 0) is 5.75 Å². The topological polar surface area (TPSA) is 63.2 Å². The van der Waals surface area contributed by atoms with E-state index < -0.39 is 0 Å². The second-order valence-electron chi connectivity index (χ2n) is 7.34. The van der Waals surface area contributed by atoms with Crippen molar-refractivity contribution >= 4 is 23.5 Å². The Labute approximate surface area is 181 Å². The van der Waals surface area contributed by atoms with Gasteiger partial charge in [-0.2, -0.15) is 0 Å². The lowest BCUT2D eigenvalue weighted by molar-refractivity contribution is 0.247. The van der Waals surface area contributed by atoms with E-state index in [1.54, 1.807) is 25.1 Å². The highest BCUT2D eigenvalue weighted by Crippen LogP contribution is 2.41. The normalized spacial score (nSPS) is 14.0. The number of rotatable bonds is 8. The monoisotopic (exact) mass is 419 g/mol. The number of urea groups is 1. The van der Waals surface area contributed by atoms with Gasteiger partial charge in [-0.05, 0) is 66.3 Å². The first-order chi connectivity index (χ1) is 14.7. The van der Waals surface area contributed by atoms with Crippen molar-refractivity contribution in [1.29, 1.82) is 0 Å². The van der Waals surface area contributed by atoms with Crippen molar-refractivity contribution in [1.82, 2.24) is 10.3 Å². The van der Waals surface area contributed by atoms with Gasteiger partial charge in [0.2, 0.25) is 0 Å². The number of pyridine rings is 1. The molecule has 0 saturated heterocycles. The van der Waals surface area contributed by atoms with Gasteiger partial charge in [-0.1, -0.05) is 30.3 Å². The number of benzene rings is 2. The van der Waals surface area contributed by atoms with Crippen LogP contribution in [-0.4, -0.2) is 18.1 Å². The van der Waals surface area contributed by atoms with E-state index in [1.165, 1.54) is 0 Å². The molecule has 1 atom stereocenters. The Morgan fingerprint density at radius 1 is 1.13 bits per heavy atom. The number of nitrogens with zero attached hydrogens (tertiary/aromatic N) is 1. The number of carbonyl (C=O) groups is 1. The van der Waals surface area contributed by atoms with Crippen molar-refractivity contribution in [2.45, 2.75) is 29.7 Å². The Morgan fingerprint density at radius 2 is 1.97 bits per heavy atom. The first-order valence-electron chi connectivity index (χ1n) is 10.1. The summed E-state index contributed by atoms with van der Waals surface area (Å²) in [5, 5.41) is 7.13. The molecule has 3 aromatic rings. The van der Waals surface area contributed by atoms with E-state index in [2.05, 4.69) is 21.7 Å². The van der Waals surface area contributed by atoms with Crippen LogP contribution in [0.25, 0.3) is 0 Å². The summed E-state index contributed by atoms with van der Waals surface area (Å²) in [7, 11) is 1.65. The molecule has 30 heavy (non-hydrogen) atoms. The van der Waals surface area contributed by atoms with E-state index in [1.807, 2.05) is 60.7 Å². The molecule has 1 saturated carbocycles. The van der Waals surface area contributed by atoms with Crippen LogP contribution in [0.4, 0.5) is 10.5 Å². The van der Waals surface area contributed by atoms with Crippen molar-refractivity contribution < 1.29 is 9.53 Å². The molecule has 0 aliphatic heterocycles. The van der Waals surface area contributed by atoms with E-state index in [0.717, 1.165) is 46.2 Å². The van der Waals surface area contributed by atoms with E-state index >= 15 is 0 Å². The Balaban J connectivity index is 1.36. The molecule has 5 nitrogen and oxygen atoms in total. The Bertz CT molecular complexity index is 975. The molecular formula is C24H25N3O2S. The summed E-state index contributed by atoms with van der Waals surface area (Å²) in [6, 6.07) is 21.6. The van der Waals surface area contributed by atoms with Crippen molar-refractivity contribution in [2.75, 3.05) is 12.4 Å². The maximum atomic E-state index is 12.7. The molecule has 4 rings (SSSR count). The van der Waals surface area contributed by atoms with Crippen LogP contribution in [0.5, 0.6) is 5.75 Å². The zero-order valence-electron chi connectivity index (χ0n) is 16.9. The Hall–Kier alpha value is -2.99. The van der Waals surface area contributed by atoms with Crippen LogP contribution in [0, 0.1) is 5.92 Å². The molecule has 0 bridgehead atoms. The summed E-state index contributed by atoms with van der Waals surface area (Å²) in [6.07, 6.45) is 4.07. The van der Waals surface area contributed by atoms with Crippen LogP contribution in [0.3, 0.4) is 0 Å². The molecule has 1 aromatic heterocycles. The first-order valence-corrected chi connectivity index (χ1v) is 11.0. The number of hydrogen-bond acceptors (Lipinski definition) is 4. The van der Waals surface area contributed by atoms with Crippen molar-refractivity contribution in [3.05, 3.63) is 84.1 Å². The second-order valence-corrected chi connectivity index (χ2v) is 8.34. The number of hydrogen-bond donors (Lipinski definition) is 2. The number of anilines is 1. The molecule has 1 heterocycles. The third-order valence-corrected chi connectivity index (χ3v) is 6.08. The largest absolute Gasteiger partial charge is 0.497 e. The average Bonchev–Trinajstić information content (AvgIpc) is 3.62. The van der Waals surface area contributed by atoms with Crippen molar-refractivity contribution in [2.24, 2.45) is 5.92 Å². The number of ether oxygens (including phenoxy) is 1. The minimum absolute atomic E-state index is 0.0128. The van der Waals surface area contributed by atoms with Gasteiger partial charge >= 0.3 is 6.03 Å². The van der Waals surface area contributed by atoms with Gasteiger partial charge in [0.1, 0.15) is 5.75 Å². The lowest BCUT2D eigenvalue weighted by Crippen LogP contribution is -2.33. The number of thioether (sulfide) groups is 1. The van der Waals surface area contributed by atoms with Crippen LogP contribution in [0.15, 0.2) is 78.0 Å². The molecule has 2 N–H and O–H groups in total. The molecule has 154 valence electrons. The summed E-state index contributed by atoms with van der Waals surface area (Å²) in [6.45, 7) is 0. The van der Waals surface area contributed by atoms with Gasteiger partial charge in [0.05, 0.1) is 18.2 Å². The van der Waals surface area contributed by atoms with E-state index in [9.17, 15) is 4.79 Å². The van der Waals surface area contributed by atoms with Gasteiger partial charge in [-0.25, -0.2) is 9.78 Å². The van der Waals surface area contributed by atoms with Gasteiger partial charge in [0.25, 0.3) is 0 Å². The van der Waals surface area contributed by atoms with Crippen molar-refractivity contribution in [3.63, 3.8) is 0 Å². The minimum Gasteiger partial charge on any atom is -0.497 e. The molecule has 1 aliphatic carbocycles. The Morgan fingerprint density at radius 3 is 2.67 bits per heavy atom. The molecule has 1 fully saturated rings. The fraction of sp³-hybridized carbons (Fsp3) is 0.250. The zero-order chi connectivity index (χ0) is 20.8. The predicted molar refractivity (Wildman–Crippen MR) is 121 cm³/mol. The van der Waals surface area contributed by atoms with Gasteiger partial charge < -0.3 is 15.4 Å². The number of aromatic nitrogens is 1. The minimum atomic E-state index is -0.183. The number of amides is 2. The molecule has 2 aromatic carbocycles. The molecule has 2 amide bonds. The average molecular weight is 420 g/mol. The fourth-order valence-corrected chi connectivity index (χ4v) is 4.16. The highest BCUT2D eigenvalue weighted by Gasteiger charge is 2.33. The van der Waals surface area contributed by atoms with Crippen LogP contribution >= 0.6 is 11.8 Å². The third-order valence-electron chi connectivity index (χ3n) is 5.06. The highest BCUT2D eigenvalue weighted by atomic mass is 32.2. The molecular weight excluding hydrogens is 394 g/mol. The number of nitrogens with one attached hydrogen (secondary N) is 2. The van der Waals surface area contributed by atoms with Crippen LogP contribution < -0.4 is 15.4 Å². The van der Waals surface area contributed by atoms with E-state index in [0.29, 0.717) is 5.92 Å². The maximum Gasteiger partial charge on any atom is 0.319 e. The fourth-order valence-electron chi connectivity index (χ4n) is 3.35. The summed E-state index contributed by atoms with van der Waals surface area (Å²) in [4.78, 5) is 17.0. The third kappa shape index (κ3) is 5.54. The lowest BCUT2D eigenvalue weighted by atomic mass is 10.0. The highest BCUT2D eigenvalue weighted by molar-refractivity contribution is 7.98. The van der Waals surface area contributed by atoms with Gasteiger partial charge in [-0.15, -0.1) is 11.8 Å². The van der Waals surface area contributed by atoms with E-state index in [4.69, 9.17) is 4.74 Å². The molecule has 1 aliphatic rings. The second kappa shape index (κ2) is 9.67. The molecule has 0 spiro atoms. The molecule has 0 radical (unpaired) electrons. The molecule has 6 heteroatoms. The summed E-state index contributed by atoms with van der Waals surface area (Å²) in [5.41, 5.74) is 3.03. The SMILES string of the molecule is COc1ccc(C(NC(=O)Nc2cccc(CSc3ccccn3)c2)C2CC2)cc1. The first kappa shape index (κ1) is 20.3. The lowest BCUT2D eigenvalue weighted by Gasteiger charge is -2.19. The molecule has 1 unspecified atom stereocenters. The number of carbonyl (C=O) groups excluding carboxylic acids is 1. The predicted octanol–water partition coefficient (Wildman–Crippen LogP) is 5.66. The zero-order valence-corrected chi connectivity index (χ0v) is 17.7. The van der Waals surface area contributed by atoms with Gasteiger partial charge in [0.15, 0.2) is 0 Å².